The maximum absolute atomic E-state index is 14.9. The van der Waals surface area contributed by atoms with Gasteiger partial charge in [-0.15, -0.1) is 0 Å². The molecule has 0 fully saturated rings. The van der Waals surface area contributed by atoms with Gasteiger partial charge in [0.1, 0.15) is 11.4 Å². The number of halogens is 4. The molecule has 6 aromatic carbocycles. The van der Waals surface area contributed by atoms with Gasteiger partial charge in [-0.2, -0.15) is 0 Å². The molecule has 0 atom stereocenters. The third-order valence-corrected chi connectivity index (χ3v) is 9.39. The fourth-order valence-electron chi connectivity index (χ4n) is 6.57. The molecular formula is C47H30F4N4O4. The minimum absolute atomic E-state index is 0.0956. The maximum atomic E-state index is 14.9. The molecule has 2 aromatic heterocycles. The van der Waals surface area contributed by atoms with E-state index in [4.69, 9.17) is 0 Å². The minimum atomic E-state index is -1.04. The molecule has 0 radical (unpaired) electrons. The summed E-state index contributed by atoms with van der Waals surface area (Å²) in [5.74, 6) is 6.85. The van der Waals surface area contributed by atoms with E-state index in [2.05, 4.69) is 23.7 Å². The summed E-state index contributed by atoms with van der Waals surface area (Å²) in [6.07, 6.45) is 0. The molecule has 0 unspecified atom stereocenters. The maximum Gasteiger partial charge on any atom is 0.336 e. The summed E-state index contributed by atoms with van der Waals surface area (Å²) >= 11 is 0. The number of nitrogens with zero attached hydrogens (tertiary/aromatic N) is 4. The van der Waals surface area contributed by atoms with Crippen LogP contribution >= 0.6 is 0 Å². The van der Waals surface area contributed by atoms with Gasteiger partial charge in [-0.1, -0.05) is 84.3 Å². The largest absolute Gasteiger partial charge is 0.336 e. The molecule has 0 aliphatic heterocycles. The molecule has 8 nitrogen and oxygen atoms in total. The highest BCUT2D eigenvalue weighted by Crippen LogP contribution is 2.21. The van der Waals surface area contributed by atoms with Crippen LogP contribution in [0.25, 0.3) is 33.2 Å². The Bertz CT molecular complexity index is 3300. The van der Waals surface area contributed by atoms with Crippen LogP contribution in [0.15, 0.2) is 147 Å². The number of benzene rings is 6. The van der Waals surface area contributed by atoms with E-state index in [1.165, 1.54) is 35.4 Å². The Morgan fingerprint density at radius 3 is 1.32 bits per heavy atom. The van der Waals surface area contributed by atoms with Gasteiger partial charge in [-0.05, 0) is 79.2 Å². The summed E-state index contributed by atoms with van der Waals surface area (Å²) in [6.45, 7) is 1.76. The Balaban J connectivity index is 0.000000179. The fraction of sp³-hybridized carbons (Fsp3) is 0.0638. The zero-order valence-electron chi connectivity index (χ0n) is 31.6. The van der Waals surface area contributed by atoms with E-state index in [1.807, 2.05) is 12.1 Å². The van der Waals surface area contributed by atoms with Crippen molar-refractivity contribution >= 4 is 21.8 Å². The average molecular weight is 791 g/mol. The first kappa shape index (κ1) is 39.3. The fourth-order valence-corrected chi connectivity index (χ4v) is 6.57. The molecule has 0 saturated carbocycles. The lowest BCUT2D eigenvalue weighted by Crippen LogP contribution is -2.39. The van der Waals surface area contributed by atoms with E-state index in [1.54, 1.807) is 85.8 Å². The second-order valence-corrected chi connectivity index (χ2v) is 13.3. The lowest BCUT2D eigenvalue weighted by molar-refractivity contribution is 0.558. The van der Waals surface area contributed by atoms with Gasteiger partial charge >= 0.3 is 11.4 Å². The molecule has 0 spiro atoms. The van der Waals surface area contributed by atoms with Gasteiger partial charge in [0, 0.05) is 36.3 Å². The standard InChI is InChI=1S/C24H16F2N2O2.C23H14F2N2O2/c1-15-7-6-10-18-21(15)27(2)24(30)28(23(18)29)22-19(25)13-17(14-20(22)26)12-11-16-8-4-3-5-9-16;1-26-20-10-6-5-9-17(20)22(28)27(23(26)29)21-18(24)13-16(14-19(21)25)12-11-15-7-3-2-4-8-15/h3-10,13-14H,1-2H3;2-10,13-14H,1H3. The third-order valence-electron chi connectivity index (χ3n) is 9.39. The molecule has 2 heterocycles. The first-order valence-corrected chi connectivity index (χ1v) is 17.9. The van der Waals surface area contributed by atoms with Gasteiger partial charge < -0.3 is 0 Å². The number of para-hydroxylation sites is 2. The van der Waals surface area contributed by atoms with E-state index in [0.29, 0.717) is 36.9 Å². The Morgan fingerprint density at radius 2 is 0.831 bits per heavy atom. The summed E-state index contributed by atoms with van der Waals surface area (Å²) in [6, 6.07) is 33.3. The summed E-state index contributed by atoms with van der Waals surface area (Å²) in [7, 11) is 2.90. The molecule has 290 valence electrons. The highest BCUT2D eigenvalue weighted by Gasteiger charge is 2.22. The molecule has 0 bridgehead atoms. The number of aryl methyl sites for hydroxylation is 3. The first-order valence-electron chi connectivity index (χ1n) is 17.9. The van der Waals surface area contributed by atoms with Crippen molar-refractivity contribution < 1.29 is 17.6 Å². The van der Waals surface area contributed by atoms with Gasteiger partial charge in [0.05, 0.1) is 21.8 Å². The second kappa shape index (κ2) is 16.3. The normalized spacial score (nSPS) is 10.6. The predicted octanol–water partition coefficient (Wildman–Crippen LogP) is 7.04. The number of rotatable bonds is 2. The second-order valence-electron chi connectivity index (χ2n) is 13.3. The summed E-state index contributed by atoms with van der Waals surface area (Å²) in [5.41, 5.74) is -1.57. The zero-order valence-corrected chi connectivity index (χ0v) is 31.6. The van der Waals surface area contributed by atoms with Gasteiger partial charge in [-0.3, -0.25) is 18.7 Å². The average Bonchev–Trinajstić information content (AvgIpc) is 3.23. The predicted molar refractivity (Wildman–Crippen MR) is 219 cm³/mol. The number of hydrogen-bond acceptors (Lipinski definition) is 4. The van der Waals surface area contributed by atoms with Crippen molar-refractivity contribution in [1.29, 1.82) is 0 Å². The van der Waals surface area contributed by atoms with Gasteiger partial charge in [0.25, 0.3) is 11.1 Å². The van der Waals surface area contributed by atoms with Crippen molar-refractivity contribution in [2.24, 2.45) is 14.1 Å². The number of fused-ring (bicyclic) bond motifs is 2. The van der Waals surface area contributed by atoms with Gasteiger partial charge in [0.2, 0.25) is 0 Å². The van der Waals surface area contributed by atoms with Crippen LogP contribution in [-0.4, -0.2) is 18.3 Å². The van der Waals surface area contributed by atoms with Crippen molar-refractivity contribution in [2.75, 3.05) is 0 Å². The SMILES string of the molecule is Cc1cccc2c(=O)n(-c3c(F)cc(C#Cc4ccccc4)cc3F)c(=O)n(C)c12.Cn1c(=O)n(-c2c(F)cc(C#Cc3ccccc3)cc2F)c(=O)c2ccccc21. The van der Waals surface area contributed by atoms with Crippen molar-refractivity contribution in [1.82, 2.24) is 18.3 Å². The molecule has 12 heteroatoms. The molecule has 0 amide bonds. The molecular weight excluding hydrogens is 761 g/mol. The molecule has 0 aliphatic rings. The third kappa shape index (κ3) is 7.63. The molecule has 0 saturated heterocycles. The molecule has 8 aromatic rings. The van der Waals surface area contributed by atoms with E-state index in [0.717, 1.165) is 24.3 Å². The Hall–Kier alpha value is -7.96. The van der Waals surface area contributed by atoms with Crippen LogP contribution in [0.4, 0.5) is 17.6 Å². The highest BCUT2D eigenvalue weighted by atomic mass is 19.1. The minimum Gasteiger partial charge on any atom is -0.296 e. The van der Waals surface area contributed by atoms with Crippen LogP contribution in [0, 0.1) is 53.9 Å². The van der Waals surface area contributed by atoms with Crippen LogP contribution in [0.5, 0.6) is 0 Å². The van der Waals surface area contributed by atoms with E-state index < -0.39 is 57.1 Å². The van der Waals surface area contributed by atoms with Crippen LogP contribution < -0.4 is 22.5 Å². The highest BCUT2D eigenvalue weighted by molar-refractivity contribution is 5.81. The monoisotopic (exact) mass is 790 g/mol. The molecule has 8 rings (SSSR count). The van der Waals surface area contributed by atoms with Gasteiger partial charge in [-0.25, -0.2) is 36.3 Å². The zero-order chi connectivity index (χ0) is 42.0. The van der Waals surface area contributed by atoms with Gasteiger partial charge in [0.15, 0.2) is 23.3 Å². The lowest BCUT2D eigenvalue weighted by Gasteiger charge is -2.13. The Kier molecular flexibility index (Phi) is 10.8. The van der Waals surface area contributed by atoms with Crippen molar-refractivity contribution in [3.8, 4) is 35.1 Å². The van der Waals surface area contributed by atoms with E-state index >= 15 is 0 Å². The van der Waals surface area contributed by atoms with Crippen LogP contribution in [0.3, 0.4) is 0 Å². The van der Waals surface area contributed by atoms with Crippen molar-refractivity contribution in [2.45, 2.75) is 6.92 Å². The van der Waals surface area contributed by atoms with Crippen molar-refractivity contribution in [3.63, 3.8) is 0 Å². The summed E-state index contributed by atoms with van der Waals surface area (Å²) < 4.78 is 62.8. The Labute approximate surface area is 333 Å². The topological polar surface area (TPSA) is 88.0 Å². The summed E-state index contributed by atoms with van der Waals surface area (Å²) in [5, 5.41) is 0.380. The molecule has 0 N–H and O–H groups in total. The van der Waals surface area contributed by atoms with E-state index in [9.17, 15) is 36.7 Å². The smallest absolute Gasteiger partial charge is 0.296 e. The summed E-state index contributed by atoms with van der Waals surface area (Å²) in [4.78, 5) is 51.2. The molecule has 59 heavy (non-hydrogen) atoms. The van der Waals surface area contributed by atoms with Crippen LogP contribution in [0.2, 0.25) is 0 Å². The first-order chi connectivity index (χ1) is 28.3. The number of aromatic nitrogens is 4. The van der Waals surface area contributed by atoms with Crippen molar-refractivity contribution in [3.05, 3.63) is 220 Å². The Morgan fingerprint density at radius 1 is 0.441 bits per heavy atom. The quantitative estimate of drug-likeness (QED) is 0.139. The van der Waals surface area contributed by atoms with Crippen LogP contribution in [0.1, 0.15) is 27.8 Å². The molecule has 0 aliphatic carbocycles. The lowest BCUT2D eigenvalue weighted by atomic mass is 10.1. The van der Waals surface area contributed by atoms with E-state index in [-0.39, 0.29) is 21.9 Å². The van der Waals surface area contributed by atoms with Crippen LogP contribution in [-0.2, 0) is 14.1 Å². The number of hydrogen-bond donors (Lipinski definition) is 0.